The van der Waals surface area contributed by atoms with Crippen LogP contribution in [0.2, 0.25) is 0 Å². The van der Waals surface area contributed by atoms with Crippen molar-refractivity contribution in [3.8, 4) is 5.75 Å². The summed E-state index contributed by atoms with van der Waals surface area (Å²) in [5.74, 6) is 0.721. The van der Waals surface area contributed by atoms with E-state index in [-0.39, 0.29) is 24.5 Å². The van der Waals surface area contributed by atoms with E-state index in [1.165, 1.54) is 0 Å². The molecule has 1 aliphatic rings. The van der Waals surface area contributed by atoms with Gasteiger partial charge in [-0.25, -0.2) is 0 Å². The minimum Gasteiger partial charge on any atom is -0.488 e. The topological polar surface area (TPSA) is 62.7 Å². The van der Waals surface area contributed by atoms with Gasteiger partial charge in [-0.1, -0.05) is 24.3 Å². The zero-order valence-corrected chi connectivity index (χ0v) is 13.7. The van der Waals surface area contributed by atoms with Crippen LogP contribution >= 0.6 is 0 Å². The number of rotatable bonds is 5. The minimum absolute atomic E-state index is 0.0209. The lowest BCUT2D eigenvalue weighted by atomic mass is 10.1. The molecule has 1 amide bonds. The van der Waals surface area contributed by atoms with E-state index < -0.39 is 6.10 Å². The van der Waals surface area contributed by atoms with Crippen molar-refractivity contribution in [2.75, 3.05) is 7.05 Å². The van der Waals surface area contributed by atoms with E-state index in [0.29, 0.717) is 0 Å². The number of nitrogens with zero attached hydrogens (tertiary/aromatic N) is 2. The molecule has 2 aromatic rings. The number of aliphatic hydroxyl groups excluding tert-OH is 1. The monoisotopic (exact) mass is 326 g/mol. The lowest BCUT2D eigenvalue weighted by Gasteiger charge is -2.29. The molecule has 24 heavy (non-hydrogen) atoms. The SMILES string of the molecule is CN(C(=O)Cc1cccnc1)[C@@H]1CC[C@H](Oc2ccccc2)[C@H]1O. The summed E-state index contributed by atoms with van der Waals surface area (Å²) in [6.07, 6.45) is 4.15. The van der Waals surface area contributed by atoms with Gasteiger partial charge in [0, 0.05) is 19.4 Å². The molecule has 1 aromatic carbocycles. The molecular weight excluding hydrogens is 304 g/mol. The van der Waals surface area contributed by atoms with E-state index in [2.05, 4.69) is 4.98 Å². The second kappa shape index (κ2) is 7.45. The van der Waals surface area contributed by atoms with E-state index in [1.54, 1.807) is 24.3 Å². The summed E-state index contributed by atoms with van der Waals surface area (Å²) >= 11 is 0. The number of para-hydroxylation sites is 1. The fourth-order valence-electron chi connectivity index (χ4n) is 3.14. The van der Waals surface area contributed by atoms with E-state index >= 15 is 0 Å². The third-order valence-electron chi connectivity index (χ3n) is 4.52. The average molecular weight is 326 g/mol. The molecule has 0 spiro atoms. The first-order valence-electron chi connectivity index (χ1n) is 8.19. The molecule has 0 bridgehead atoms. The van der Waals surface area contributed by atoms with Crippen molar-refractivity contribution in [1.82, 2.24) is 9.88 Å². The number of benzene rings is 1. The van der Waals surface area contributed by atoms with E-state index in [1.807, 2.05) is 42.5 Å². The fourth-order valence-corrected chi connectivity index (χ4v) is 3.14. The van der Waals surface area contributed by atoms with E-state index in [0.717, 1.165) is 24.2 Å². The molecule has 5 nitrogen and oxygen atoms in total. The highest BCUT2D eigenvalue weighted by Crippen LogP contribution is 2.28. The molecule has 1 aliphatic carbocycles. The van der Waals surface area contributed by atoms with Crippen LogP contribution in [0.1, 0.15) is 18.4 Å². The smallest absolute Gasteiger partial charge is 0.227 e. The Kier molecular flexibility index (Phi) is 5.11. The Labute approximate surface area is 141 Å². The largest absolute Gasteiger partial charge is 0.488 e. The van der Waals surface area contributed by atoms with Gasteiger partial charge in [0.25, 0.3) is 0 Å². The Bertz CT molecular complexity index is 663. The summed E-state index contributed by atoms with van der Waals surface area (Å²) in [5.41, 5.74) is 0.874. The predicted octanol–water partition coefficient (Wildman–Crippen LogP) is 2.05. The quantitative estimate of drug-likeness (QED) is 0.913. The van der Waals surface area contributed by atoms with Crippen molar-refractivity contribution < 1.29 is 14.6 Å². The van der Waals surface area contributed by atoms with Gasteiger partial charge >= 0.3 is 0 Å². The molecule has 126 valence electrons. The van der Waals surface area contributed by atoms with Gasteiger partial charge in [-0.05, 0) is 36.6 Å². The highest BCUT2D eigenvalue weighted by atomic mass is 16.5. The summed E-state index contributed by atoms with van der Waals surface area (Å²) in [7, 11) is 1.75. The predicted molar refractivity (Wildman–Crippen MR) is 90.6 cm³/mol. The molecule has 1 fully saturated rings. The third kappa shape index (κ3) is 3.74. The highest BCUT2D eigenvalue weighted by Gasteiger charge is 2.40. The first-order valence-corrected chi connectivity index (χ1v) is 8.19. The van der Waals surface area contributed by atoms with Crippen molar-refractivity contribution in [2.24, 2.45) is 0 Å². The van der Waals surface area contributed by atoms with Crippen LogP contribution < -0.4 is 4.74 Å². The molecule has 0 radical (unpaired) electrons. The molecule has 0 saturated heterocycles. The van der Waals surface area contributed by atoms with E-state index in [9.17, 15) is 9.90 Å². The molecule has 1 saturated carbocycles. The summed E-state index contributed by atoms with van der Waals surface area (Å²) in [6.45, 7) is 0. The maximum Gasteiger partial charge on any atom is 0.227 e. The molecule has 1 aromatic heterocycles. The van der Waals surface area contributed by atoms with Gasteiger partial charge in [0.2, 0.25) is 5.91 Å². The number of amides is 1. The van der Waals surface area contributed by atoms with Crippen LogP contribution in [0.3, 0.4) is 0 Å². The molecule has 0 unspecified atom stereocenters. The minimum atomic E-state index is -0.687. The fraction of sp³-hybridized carbons (Fsp3) is 0.368. The van der Waals surface area contributed by atoms with Crippen LogP contribution in [0.15, 0.2) is 54.9 Å². The molecular formula is C19H22N2O3. The Morgan fingerprint density at radius 2 is 2.04 bits per heavy atom. The van der Waals surface area contributed by atoms with Gasteiger partial charge in [0.15, 0.2) is 0 Å². The lowest BCUT2D eigenvalue weighted by Crippen LogP contribution is -2.45. The highest BCUT2D eigenvalue weighted by molar-refractivity contribution is 5.78. The Balaban J connectivity index is 1.59. The van der Waals surface area contributed by atoms with Crippen LogP contribution in [0.4, 0.5) is 0 Å². The zero-order valence-electron chi connectivity index (χ0n) is 13.7. The summed E-state index contributed by atoms with van der Waals surface area (Å²) in [4.78, 5) is 18.1. The van der Waals surface area contributed by atoms with Crippen LogP contribution in [0, 0.1) is 0 Å². The first-order chi connectivity index (χ1) is 11.6. The average Bonchev–Trinajstić information content (AvgIpc) is 2.96. The number of pyridine rings is 1. The first kappa shape index (κ1) is 16.5. The van der Waals surface area contributed by atoms with Crippen LogP contribution in [-0.4, -0.2) is 46.2 Å². The molecule has 3 atom stereocenters. The number of likely N-dealkylation sites (N-methyl/N-ethyl adjacent to an activating group) is 1. The second-order valence-electron chi connectivity index (χ2n) is 6.15. The Morgan fingerprint density at radius 3 is 2.75 bits per heavy atom. The van der Waals surface area contributed by atoms with Crippen LogP contribution in [-0.2, 0) is 11.2 Å². The second-order valence-corrected chi connectivity index (χ2v) is 6.15. The number of ether oxygens (including phenoxy) is 1. The van der Waals surface area contributed by atoms with Gasteiger partial charge in [-0.2, -0.15) is 0 Å². The van der Waals surface area contributed by atoms with Gasteiger partial charge in [0.1, 0.15) is 18.0 Å². The van der Waals surface area contributed by atoms with E-state index in [4.69, 9.17) is 4.74 Å². The molecule has 3 rings (SSSR count). The van der Waals surface area contributed by atoms with Crippen molar-refractivity contribution in [1.29, 1.82) is 0 Å². The number of hydrogen-bond acceptors (Lipinski definition) is 4. The van der Waals surface area contributed by atoms with Gasteiger partial charge in [0.05, 0.1) is 12.5 Å². The maximum atomic E-state index is 12.5. The lowest BCUT2D eigenvalue weighted by molar-refractivity contribution is -0.133. The van der Waals surface area contributed by atoms with Crippen molar-refractivity contribution in [2.45, 2.75) is 37.5 Å². The summed E-state index contributed by atoms with van der Waals surface area (Å²) in [5, 5.41) is 10.6. The number of hydrogen-bond donors (Lipinski definition) is 1. The zero-order chi connectivity index (χ0) is 16.9. The summed E-state index contributed by atoms with van der Waals surface area (Å²) < 4.78 is 5.87. The van der Waals surface area contributed by atoms with Crippen molar-refractivity contribution >= 4 is 5.91 Å². The normalized spacial score (nSPS) is 23.0. The van der Waals surface area contributed by atoms with Gasteiger partial charge in [-0.15, -0.1) is 0 Å². The number of aromatic nitrogens is 1. The number of carbonyl (C=O) groups is 1. The van der Waals surface area contributed by atoms with Crippen LogP contribution in [0.5, 0.6) is 5.75 Å². The number of aliphatic hydroxyl groups is 1. The molecule has 1 N–H and O–H groups in total. The molecule has 1 heterocycles. The standard InChI is InChI=1S/C19H22N2O3/c1-21(18(22)12-14-6-5-11-20-13-14)16-9-10-17(19(16)23)24-15-7-3-2-4-8-15/h2-8,11,13,16-17,19,23H,9-10,12H2,1H3/t16-,17+,19+/m1/s1. The Hall–Kier alpha value is -2.40. The van der Waals surface area contributed by atoms with Gasteiger partial charge < -0.3 is 14.7 Å². The Morgan fingerprint density at radius 1 is 1.25 bits per heavy atom. The van der Waals surface area contributed by atoms with Crippen molar-refractivity contribution in [3.63, 3.8) is 0 Å². The third-order valence-corrected chi connectivity index (χ3v) is 4.52. The summed E-state index contributed by atoms with van der Waals surface area (Å²) in [6, 6.07) is 12.9. The molecule has 0 aliphatic heterocycles. The van der Waals surface area contributed by atoms with Gasteiger partial charge in [-0.3, -0.25) is 9.78 Å². The number of carbonyl (C=O) groups excluding carboxylic acids is 1. The van der Waals surface area contributed by atoms with Crippen LogP contribution in [0.25, 0.3) is 0 Å². The van der Waals surface area contributed by atoms with Crippen molar-refractivity contribution in [3.05, 3.63) is 60.4 Å². The maximum absolute atomic E-state index is 12.5. The molecule has 5 heteroatoms.